The summed E-state index contributed by atoms with van der Waals surface area (Å²) in [5.74, 6) is -3.07. The van der Waals surface area contributed by atoms with E-state index in [4.69, 9.17) is 9.26 Å². The summed E-state index contributed by atoms with van der Waals surface area (Å²) in [5, 5.41) is 30.5. The number of carbonyl (C=O) groups excluding carboxylic acids is 4. The lowest BCUT2D eigenvalue weighted by atomic mass is 10.1. The van der Waals surface area contributed by atoms with Gasteiger partial charge in [0, 0.05) is 31.8 Å². The number of hydrogen-bond acceptors (Lipinski definition) is 9. The summed E-state index contributed by atoms with van der Waals surface area (Å²) in [6.45, 7) is 7.71. The lowest BCUT2D eigenvalue weighted by Gasteiger charge is -2.25. The van der Waals surface area contributed by atoms with Crippen LogP contribution in [0.15, 0.2) is 40.4 Å². The largest absolute Gasteiger partial charge is 0.391 e. The van der Waals surface area contributed by atoms with E-state index >= 15 is 0 Å². The third-order valence-electron chi connectivity index (χ3n) is 6.26. The van der Waals surface area contributed by atoms with Gasteiger partial charge in [0.2, 0.25) is 11.8 Å². The molecule has 0 saturated heterocycles. The van der Waals surface area contributed by atoms with E-state index < -0.39 is 47.6 Å². The van der Waals surface area contributed by atoms with Crippen LogP contribution in [0, 0.1) is 36.9 Å². The van der Waals surface area contributed by atoms with Crippen LogP contribution < -0.4 is 16.0 Å². The molecule has 2 aromatic rings. The van der Waals surface area contributed by atoms with Gasteiger partial charge < -0.3 is 35.2 Å². The number of ether oxygens (including phenoxy) is 1. The molecule has 0 radical (unpaired) electrons. The first-order valence-corrected chi connectivity index (χ1v) is 13.9. The van der Waals surface area contributed by atoms with Crippen LogP contribution in [0.5, 0.6) is 0 Å². The molecule has 2 rings (SSSR count). The van der Waals surface area contributed by atoms with Crippen molar-refractivity contribution in [1.82, 2.24) is 26.0 Å². The molecule has 0 bridgehead atoms. The first-order valence-electron chi connectivity index (χ1n) is 13.9. The molecule has 1 heterocycles. The van der Waals surface area contributed by atoms with Crippen molar-refractivity contribution >= 4 is 23.6 Å². The highest BCUT2D eigenvalue weighted by Gasteiger charge is 2.31. The number of hydrogen-bond donors (Lipinski definition) is 4. The normalized spacial score (nSPS) is 13.4. The molecule has 13 nitrogen and oxygen atoms in total. The number of benzene rings is 1. The van der Waals surface area contributed by atoms with Gasteiger partial charge in [0.1, 0.15) is 35.3 Å². The predicted octanol–water partition coefficient (Wildman–Crippen LogP) is 1.29. The van der Waals surface area contributed by atoms with Crippen LogP contribution in [0.3, 0.4) is 0 Å². The average molecular weight is 615 g/mol. The summed E-state index contributed by atoms with van der Waals surface area (Å²) < 4.78 is 24.8. The van der Waals surface area contributed by atoms with Crippen molar-refractivity contribution in [3.8, 4) is 6.07 Å². The summed E-state index contributed by atoms with van der Waals surface area (Å²) in [4.78, 5) is 52.7. The fraction of sp³-hybridized carbons (Fsp3) is 0.467. The molecule has 0 spiro atoms. The van der Waals surface area contributed by atoms with Crippen molar-refractivity contribution in [1.29, 1.82) is 5.26 Å². The van der Waals surface area contributed by atoms with Crippen LogP contribution in [0.25, 0.3) is 0 Å². The monoisotopic (exact) mass is 614 g/mol. The number of nitrogens with one attached hydrogen (secondary N) is 3. The Kier molecular flexibility index (Phi) is 13.7. The molecule has 44 heavy (non-hydrogen) atoms. The molecule has 0 aliphatic rings. The van der Waals surface area contributed by atoms with E-state index in [0.717, 1.165) is 0 Å². The first-order chi connectivity index (χ1) is 20.7. The number of amides is 4. The Hall–Kier alpha value is -4.61. The maximum Gasteiger partial charge on any atom is 0.274 e. The topological polar surface area (TPSA) is 187 Å². The van der Waals surface area contributed by atoms with Gasteiger partial charge in [0.15, 0.2) is 5.69 Å². The minimum Gasteiger partial charge on any atom is -0.391 e. The maximum atomic E-state index is 14.3. The Morgan fingerprint density at radius 3 is 2.43 bits per heavy atom. The molecule has 0 fully saturated rings. The Labute approximate surface area is 255 Å². The Morgan fingerprint density at radius 1 is 1.16 bits per heavy atom. The molecule has 0 aliphatic heterocycles. The lowest BCUT2D eigenvalue weighted by Crippen LogP contribution is -2.58. The predicted molar refractivity (Wildman–Crippen MR) is 156 cm³/mol. The lowest BCUT2D eigenvalue weighted by molar-refractivity contribution is -0.133. The third kappa shape index (κ3) is 10.9. The molecule has 14 heteroatoms. The van der Waals surface area contributed by atoms with Gasteiger partial charge in [-0.2, -0.15) is 5.26 Å². The van der Waals surface area contributed by atoms with Crippen molar-refractivity contribution in [2.45, 2.75) is 59.4 Å². The second-order valence-corrected chi connectivity index (χ2v) is 10.6. The first kappa shape index (κ1) is 35.6. The summed E-state index contributed by atoms with van der Waals surface area (Å²) in [5.41, 5.74) is 0.797. The molecule has 3 atom stereocenters. The van der Waals surface area contributed by atoms with Gasteiger partial charge in [-0.25, -0.2) is 4.39 Å². The molecule has 0 aliphatic carbocycles. The number of rotatable bonds is 15. The van der Waals surface area contributed by atoms with Crippen molar-refractivity contribution in [3.05, 3.63) is 64.3 Å². The van der Waals surface area contributed by atoms with Gasteiger partial charge in [-0.05, 0) is 38.3 Å². The van der Waals surface area contributed by atoms with Gasteiger partial charge in [-0.15, -0.1) is 0 Å². The third-order valence-corrected chi connectivity index (χ3v) is 6.26. The highest BCUT2D eigenvalue weighted by molar-refractivity contribution is 5.98. The SMILES string of the molecule is Cc1ccc(CNC(=O)C(COCCN(C)C(=O)C(C#N)=CC(C)C)NC(=O)C(NC(=O)c2cc(C)on2)C(C)O)c(F)c1. The summed E-state index contributed by atoms with van der Waals surface area (Å²) in [7, 11) is 1.49. The Balaban J connectivity index is 2.12. The van der Waals surface area contributed by atoms with Crippen LogP contribution in [0.2, 0.25) is 0 Å². The number of nitriles is 1. The molecule has 1 aromatic carbocycles. The Bertz CT molecular complexity index is 1400. The van der Waals surface area contributed by atoms with Crippen LogP contribution in [0.4, 0.5) is 4.39 Å². The van der Waals surface area contributed by atoms with Gasteiger partial charge in [0.25, 0.3) is 11.8 Å². The van der Waals surface area contributed by atoms with E-state index in [0.29, 0.717) is 11.3 Å². The maximum absolute atomic E-state index is 14.3. The van der Waals surface area contributed by atoms with Crippen LogP contribution >= 0.6 is 0 Å². The fourth-order valence-electron chi connectivity index (χ4n) is 3.84. The van der Waals surface area contributed by atoms with Crippen LogP contribution in [0.1, 0.15) is 48.1 Å². The van der Waals surface area contributed by atoms with Crippen molar-refractivity contribution in [2.75, 3.05) is 26.8 Å². The van der Waals surface area contributed by atoms with E-state index in [2.05, 4.69) is 21.1 Å². The van der Waals surface area contributed by atoms with Crippen LogP contribution in [-0.2, 0) is 25.7 Å². The highest BCUT2D eigenvalue weighted by atomic mass is 19.1. The number of aryl methyl sites for hydroxylation is 2. The smallest absolute Gasteiger partial charge is 0.274 e. The van der Waals surface area contributed by atoms with Crippen molar-refractivity contribution < 1.29 is 37.9 Å². The second-order valence-electron chi connectivity index (χ2n) is 10.6. The van der Waals surface area contributed by atoms with Crippen LogP contribution in [-0.4, -0.2) is 83.8 Å². The van der Waals surface area contributed by atoms with Gasteiger partial charge in [-0.3, -0.25) is 19.2 Å². The average Bonchev–Trinajstić information content (AvgIpc) is 3.40. The molecule has 4 N–H and O–H groups in total. The van der Waals surface area contributed by atoms with Crippen molar-refractivity contribution in [2.24, 2.45) is 5.92 Å². The van der Waals surface area contributed by atoms with E-state index in [1.54, 1.807) is 26.0 Å². The molecule has 3 unspecified atom stereocenters. The summed E-state index contributed by atoms with van der Waals surface area (Å²) >= 11 is 0. The van der Waals surface area contributed by atoms with Gasteiger partial charge in [-0.1, -0.05) is 37.2 Å². The minimum atomic E-state index is -1.48. The minimum absolute atomic E-state index is 0.00941. The number of allylic oxidation sites excluding steroid dienone is 1. The quantitative estimate of drug-likeness (QED) is 0.130. The number of halogens is 1. The summed E-state index contributed by atoms with van der Waals surface area (Å²) in [6, 6.07) is 4.94. The molecule has 4 amide bonds. The second kappa shape index (κ2) is 16.9. The fourth-order valence-corrected chi connectivity index (χ4v) is 3.84. The number of aliphatic hydroxyl groups is 1. The van der Waals surface area contributed by atoms with E-state index in [1.165, 1.54) is 37.1 Å². The molecular weight excluding hydrogens is 575 g/mol. The Morgan fingerprint density at radius 2 is 1.86 bits per heavy atom. The van der Waals surface area contributed by atoms with E-state index in [9.17, 15) is 33.9 Å². The van der Waals surface area contributed by atoms with Gasteiger partial charge in [0.05, 0.1) is 19.3 Å². The summed E-state index contributed by atoms with van der Waals surface area (Å²) in [6.07, 6.45) is 0.180. The number of aliphatic hydroxyl groups excluding tert-OH is 1. The van der Waals surface area contributed by atoms with E-state index in [-0.39, 0.29) is 49.1 Å². The van der Waals surface area contributed by atoms with Crippen molar-refractivity contribution in [3.63, 3.8) is 0 Å². The zero-order chi connectivity index (χ0) is 33.0. The molecule has 1 aromatic heterocycles. The number of nitrogens with zero attached hydrogens (tertiary/aromatic N) is 3. The zero-order valence-electron chi connectivity index (χ0n) is 25.6. The van der Waals surface area contributed by atoms with Gasteiger partial charge >= 0.3 is 0 Å². The molecular formula is C30H39FN6O7. The number of carbonyl (C=O) groups is 4. The number of aromatic nitrogens is 1. The van der Waals surface area contributed by atoms with E-state index in [1.807, 2.05) is 19.9 Å². The zero-order valence-corrected chi connectivity index (χ0v) is 25.6. The number of likely N-dealkylation sites (N-methyl/N-ethyl adjacent to an activating group) is 1. The standard InChI is InChI=1S/C30H39FN6O7/c1-17(2)11-22(14-32)30(42)37(6)9-10-43-16-25(27(39)33-15-21-8-7-18(3)12-23(21)31)34-29(41)26(20(5)38)35-28(40)24-13-19(4)44-36-24/h7-8,11-13,17,20,25-26,38H,9-10,15-16H2,1-6H3,(H,33,39)(H,34,41)(H,35,40). The molecule has 0 saturated carbocycles. The molecule has 238 valence electrons. The highest BCUT2D eigenvalue weighted by Crippen LogP contribution is 2.10.